The molecule has 0 aliphatic carbocycles. The maximum atomic E-state index is 5.27. The fraction of sp³-hybridized carbons (Fsp3) is 0.333. The van der Waals surface area contributed by atoms with Crippen molar-refractivity contribution in [1.82, 2.24) is 15.0 Å². The molecule has 1 unspecified atom stereocenters. The van der Waals surface area contributed by atoms with Crippen molar-refractivity contribution in [2.45, 2.75) is 30.9 Å². The Morgan fingerprint density at radius 1 is 1.04 bits per heavy atom. The minimum Gasteiger partial charge on any atom is -0.497 e. The van der Waals surface area contributed by atoms with Crippen molar-refractivity contribution in [3.8, 4) is 5.75 Å². The summed E-state index contributed by atoms with van der Waals surface area (Å²) < 4.78 is 7.37. The third-order valence-corrected chi connectivity index (χ3v) is 4.87. The normalized spacial score (nSPS) is 13.2. The summed E-state index contributed by atoms with van der Waals surface area (Å²) in [5, 5.41) is 8.78. The largest absolute Gasteiger partial charge is 0.497 e. The van der Waals surface area contributed by atoms with Crippen LogP contribution in [0.3, 0.4) is 0 Å². The summed E-state index contributed by atoms with van der Waals surface area (Å²) in [6, 6.07) is 16.2. The predicted molar refractivity (Wildman–Crippen MR) is 96.0 cm³/mol. The van der Waals surface area contributed by atoms with Crippen LogP contribution < -0.4 is 4.74 Å². The molecular formula is C18H21N3OS. The van der Waals surface area contributed by atoms with Gasteiger partial charge in [-0.25, -0.2) is 4.68 Å². The first-order valence-electron chi connectivity index (χ1n) is 7.60. The Kier molecular flexibility index (Phi) is 4.31. The SMILES string of the molecule is COc1ccc(C(SC(C)(C)C)n2nnc3ccccc32)cc1. The number of fused-ring (bicyclic) bond motifs is 1. The molecule has 1 aromatic heterocycles. The molecule has 4 nitrogen and oxygen atoms in total. The van der Waals surface area contributed by atoms with Gasteiger partial charge >= 0.3 is 0 Å². The van der Waals surface area contributed by atoms with Crippen molar-refractivity contribution >= 4 is 22.8 Å². The van der Waals surface area contributed by atoms with Gasteiger partial charge in [0.05, 0.1) is 12.6 Å². The maximum absolute atomic E-state index is 5.27. The highest BCUT2D eigenvalue weighted by atomic mass is 32.2. The van der Waals surface area contributed by atoms with Crippen molar-refractivity contribution in [3.63, 3.8) is 0 Å². The molecule has 0 aliphatic heterocycles. The second kappa shape index (κ2) is 6.24. The van der Waals surface area contributed by atoms with Crippen LogP contribution in [0.4, 0.5) is 0 Å². The van der Waals surface area contributed by atoms with Gasteiger partial charge in [0.1, 0.15) is 16.6 Å². The summed E-state index contributed by atoms with van der Waals surface area (Å²) in [4.78, 5) is 0. The minimum absolute atomic E-state index is 0.0632. The van der Waals surface area contributed by atoms with E-state index in [1.807, 2.05) is 46.8 Å². The van der Waals surface area contributed by atoms with Crippen LogP contribution >= 0.6 is 11.8 Å². The molecule has 0 N–H and O–H groups in total. The molecule has 0 aliphatic rings. The van der Waals surface area contributed by atoms with Crippen LogP contribution in [0, 0.1) is 0 Å². The summed E-state index contributed by atoms with van der Waals surface area (Å²) in [5.74, 6) is 0.858. The molecule has 3 rings (SSSR count). The highest BCUT2D eigenvalue weighted by Gasteiger charge is 2.24. The van der Waals surface area contributed by atoms with Crippen LogP contribution in [0.2, 0.25) is 0 Å². The van der Waals surface area contributed by atoms with Crippen LogP contribution in [0.25, 0.3) is 11.0 Å². The average molecular weight is 327 g/mol. The number of aromatic nitrogens is 3. The highest BCUT2D eigenvalue weighted by molar-refractivity contribution is 8.00. The molecule has 120 valence electrons. The van der Waals surface area contributed by atoms with Gasteiger partial charge in [0, 0.05) is 4.75 Å². The van der Waals surface area contributed by atoms with Crippen LogP contribution in [0.5, 0.6) is 5.75 Å². The van der Waals surface area contributed by atoms with E-state index in [9.17, 15) is 0 Å². The number of benzene rings is 2. The number of nitrogens with zero attached hydrogens (tertiary/aromatic N) is 3. The van der Waals surface area contributed by atoms with Crippen molar-refractivity contribution < 1.29 is 4.74 Å². The van der Waals surface area contributed by atoms with E-state index in [2.05, 4.69) is 49.3 Å². The van der Waals surface area contributed by atoms with Gasteiger partial charge in [-0.2, -0.15) is 0 Å². The lowest BCUT2D eigenvalue weighted by Crippen LogP contribution is -2.17. The molecule has 0 saturated carbocycles. The van der Waals surface area contributed by atoms with Gasteiger partial charge in [-0.15, -0.1) is 16.9 Å². The zero-order chi connectivity index (χ0) is 16.4. The number of hydrogen-bond donors (Lipinski definition) is 0. The van der Waals surface area contributed by atoms with E-state index in [0.29, 0.717) is 0 Å². The zero-order valence-corrected chi connectivity index (χ0v) is 14.7. The van der Waals surface area contributed by atoms with Crippen molar-refractivity contribution in [1.29, 1.82) is 0 Å². The molecule has 5 heteroatoms. The molecule has 1 heterocycles. The fourth-order valence-electron chi connectivity index (χ4n) is 2.42. The lowest BCUT2D eigenvalue weighted by Gasteiger charge is -2.26. The van der Waals surface area contributed by atoms with E-state index in [1.165, 1.54) is 5.56 Å². The molecule has 0 bridgehead atoms. The topological polar surface area (TPSA) is 39.9 Å². The lowest BCUT2D eigenvalue weighted by molar-refractivity contribution is 0.414. The highest BCUT2D eigenvalue weighted by Crippen LogP contribution is 2.40. The summed E-state index contributed by atoms with van der Waals surface area (Å²) >= 11 is 1.86. The van der Waals surface area contributed by atoms with E-state index >= 15 is 0 Å². The molecule has 2 aromatic carbocycles. The van der Waals surface area contributed by atoms with Gasteiger partial charge in [-0.3, -0.25) is 0 Å². The standard InChI is InChI=1S/C18H21N3OS/c1-18(2,3)23-17(13-9-11-14(22-4)12-10-13)21-16-8-6-5-7-15(16)19-20-21/h5-12,17H,1-4H3. The summed E-state index contributed by atoms with van der Waals surface area (Å²) in [7, 11) is 1.68. The predicted octanol–water partition coefficient (Wildman–Crippen LogP) is 4.52. The van der Waals surface area contributed by atoms with Crippen molar-refractivity contribution in [2.24, 2.45) is 0 Å². The Bertz CT molecular complexity index is 790. The van der Waals surface area contributed by atoms with E-state index < -0.39 is 0 Å². The molecule has 0 saturated heterocycles. The summed E-state index contributed by atoms with van der Waals surface area (Å²) in [5.41, 5.74) is 3.15. The molecule has 0 fully saturated rings. The first-order chi connectivity index (χ1) is 11.0. The summed E-state index contributed by atoms with van der Waals surface area (Å²) in [6.45, 7) is 6.65. The summed E-state index contributed by atoms with van der Waals surface area (Å²) in [6.07, 6.45) is 0. The molecule has 3 aromatic rings. The number of methoxy groups -OCH3 is 1. The second-order valence-electron chi connectivity index (χ2n) is 6.38. The first kappa shape index (κ1) is 15.9. The smallest absolute Gasteiger partial charge is 0.125 e. The molecule has 0 amide bonds. The van der Waals surface area contributed by atoms with Gasteiger partial charge in [0.25, 0.3) is 0 Å². The zero-order valence-electron chi connectivity index (χ0n) is 13.9. The van der Waals surface area contributed by atoms with Gasteiger partial charge in [-0.1, -0.05) is 50.3 Å². The Balaban J connectivity index is 2.07. The molecule has 23 heavy (non-hydrogen) atoms. The van der Waals surface area contributed by atoms with E-state index in [0.717, 1.165) is 16.8 Å². The number of ether oxygens (including phenoxy) is 1. The van der Waals surface area contributed by atoms with Crippen molar-refractivity contribution in [2.75, 3.05) is 7.11 Å². The van der Waals surface area contributed by atoms with E-state index in [-0.39, 0.29) is 10.1 Å². The Morgan fingerprint density at radius 2 is 1.74 bits per heavy atom. The lowest BCUT2D eigenvalue weighted by atomic mass is 10.2. The third kappa shape index (κ3) is 3.50. The Morgan fingerprint density at radius 3 is 2.39 bits per heavy atom. The van der Waals surface area contributed by atoms with Crippen molar-refractivity contribution in [3.05, 3.63) is 54.1 Å². The van der Waals surface area contributed by atoms with Crippen LogP contribution in [-0.2, 0) is 0 Å². The number of hydrogen-bond acceptors (Lipinski definition) is 4. The Labute approximate surface area is 140 Å². The van der Waals surface area contributed by atoms with Crippen LogP contribution in [0.15, 0.2) is 48.5 Å². The van der Waals surface area contributed by atoms with E-state index in [4.69, 9.17) is 4.74 Å². The van der Waals surface area contributed by atoms with Crippen LogP contribution in [-0.4, -0.2) is 26.9 Å². The first-order valence-corrected chi connectivity index (χ1v) is 8.47. The number of rotatable bonds is 4. The van der Waals surface area contributed by atoms with Gasteiger partial charge in [0.15, 0.2) is 0 Å². The molecule has 0 spiro atoms. The maximum Gasteiger partial charge on any atom is 0.125 e. The molecule has 0 radical (unpaired) electrons. The molecular weight excluding hydrogens is 306 g/mol. The third-order valence-electron chi connectivity index (χ3n) is 3.47. The van der Waals surface area contributed by atoms with Gasteiger partial charge in [0.2, 0.25) is 0 Å². The Hall–Kier alpha value is -2.01. The number of para-hydroxylation sites is 1. The number of thioether (sulfide) groups is 1. The molecule has 1 atom stereocenters. The monoisotopic (exact) mass is 327 g/mol. The minimum atomic E-state index is 0.0632. The quantitative estimate of drug-likeness (QED) is 0.706. The second-order valence-corrected chi connectivity index (χ2v) is 8.29. The van der Waals surface area contributed by atoms with E-state index in [1.54, 1.807) is 7.11 Å². The van der Waals surface area contributed by atoms with Gasteiger partial charge < -0.3 is 4.74 Å². The van der Waals surface area contributed by atoms with Crippen LogP contribution in [0.1, 0.15) is 31.7 Å². The fourth-order valence-corrected chi connectivity index (χ4v) is 3.64. The average Bonchev–Trinajstić information content (AvgIpc) is 2.96. The van der Waals surface area contributed by atoms with Gasteiger partial charge in [-0.05, 0) is 29.8 Å².